The smallest absolute Gasteiger partial charge is 0.274 e. The van der Waals surface area contributed by atoms with Gasteiger partial charge in [0.2, 0.25) is 0 Å². The molecule has 1 amide bonds. The van der Waals surface area contributed by atoms with Gasteiger partial charge in [-0.05, 0) is 56.2 Å². The summed E-state index contributed by atoms with van der Waals surface area (Å²) < 4.78 is 5.33. The van der Waals surface area contributed by atoms with Gasteiger partial charge in [-0.2, -0.15) is 0 Å². The van der Waals surface area contributed by atoms with Crippen LogP contribution in [0.2, 0.25) is 0 Å². The molecule has 0 atom stereocenters. The Morgan fingerprint density at radius 1 is 1.07 bits per heavy atom. The van der Waals surface area contributed by atoms with Crippen molar-refractivity contribution in [2.24, 2.45) is 0 Å². The number of hydrogen-bond donors (Lipinski definition) is 1. The Kier molecular flexibility index (Phi) is 5.89. The topological polar surface area (TPSA) is 67.4 Å². The molecule has 144 valence electrons. The normalized spacial score (nSPS) is 10.4. The molecule has 1 aromatic heterocycles. The average Bonchev–Trinajstić information content (AvgIpc) is 2.69. The van der Waals surface area contributed by atoms with E-state index in [1.54, 1.807) is 13.2 Å². The number of hydrogen-bond acceptors (Lipinski definition) is 5. The lowest BCUT2D eigenvalue weighted by Crippen LogP contribution is -2.20. The van der Waals surface area contributed by atoms with Crippen LogP contribution < -0.4 is 15.0 Å². The fourth-order valence-corrected chi connectivity index (χ4v) is 3.00. The van der Waals surface area contributed by atoms with E-state index in [0.717, 1.165) is 16.8 Å². The summed E-state index contributed by atoms with van der Waals surface area (Å²) in [5.74, 6) is 0.959. The summed E-state index contributed by atoms with van der Waals surface area (Å²) in [6.07, 6.45) is 1.41. The molecule has 0 saturated heterocycles. The molecule has 0 aliphatic rings. The van der Waals surface area contributed by atoms with E-state index in [2.05, 4.69) is 21.4 Å². The molecule has 0 fully saturated rings. The third-order valence-electron chi connectivity index (χ3n) is 4.39. The minimum Gasteiger partial charge on any atom is -0.495 e. The number of amides is 1. The minimum absolute atomic E-state index is 0.291. The van der Waals surface area contributed by atoms with E-state index in [-0.39, 0.29) is 5.91 Å². The maximum absolute atomic E-state index is 12.8. The van der Waals surface area contributed by atoms with Crippen molar-refractivity contribution in [3.05, 3.63) is 71.7 Å². The summed E-state index contributed by atoms with van der Waals surface area (Å²) in [5.41, 5.74) is 4.11. The second-order valence-electron chi connectivity index (χ2n) is 6.50. The highest BCUT2D eigenvalue weighted by Crippen LogP contribution is 2.27. The van der Waals surface area contributed by atoms with Crippen LogP contribution in [0.4, 0.5) is 17.2 Å². The molecule has 6 heteroatoms. The van der Waals surface area contributed by atoms with E-state index >= 15 is 0 Å². The molecule has 0 spiro atoms. The van der Waals surface area contributed by atoms with Crippen LogP contribution in [-0.4, -0.2) is 29.5 Å². The molecule has 0 aliphatic carbocycles. The highest BCUT2D eigenvalue weighted by molar-refractivity contribution is 6.04. The molecule has 1 N–H and O–H groups in total. The van der Waals surface area contributed by atoms with Crippen molar-refractivity contribution in [3.63, 3.8) is 0 Å². The molecular formula is C22H24N4O2. The monoisotopic (exact) mass is 376 g/mol. The number of carbonyl (C=O) groups excluding carboxylic acids is 1. The van der Waals surface area contributed by atoms with Gasteiger partial charge in [0.1, 0.15) is 23.6 Å². The van der Waals surface area contributed by atoms with Crippen molar-refractivity contribution in [1.82, 2.24) is 9.97 Å². The SMILES string of the molecule is CCN(c1cccc(C)c1)c1cc(C(=O)Nc2cc(C)ccc2OC)ncn1. The molecule has 3 rings (SSSR count). The number of anilines is 3. The van der Waals surface area contributed by atoms with Crippen LogP contribution in [0.25, 0.3) is 0 Å². The van der Waals surface area contributed by atoms with E-state index in [0.29, 0.717) is 29.5 Å². The summed E-state index contributed by atoms with van der Waals surface area (Å²) in [5, 5.41) is 2.88. The van der Waals surface area contributed by atoms with E-state index in [9.17, 15) is 4.79 Å². The first-order valence-electron chi connectivity index (χ1n) is 9.14. The Balaban J connectivity index is 1.88. The van der Waals surface area contributed by atoms with Crippen molar-refractivity contribution in [2.75, 3.05) is 23.9 Å². The predicted molar refractivity (Wildman–Crippen MR) is 112 cm³/mol. The van der Waals surface area contributed by atoms with E-state index in [1.165, 1.54) is 6.33 Å². The Morgan fingerprint density at radius 3 is 2.57 bits per heavy atom. The van der Waals surface area contributed by atoms with Crippen molar-refractivity contribution >= 4 is 23.1 Å². The largest absolute Gasteiger partial charge is 0.495 e. The van der Waals surface area contributed by atoms with Crippen molar-refractivity contribution in [3.8, 4) is 5.75 Å². The van der Waals surface area contributed by atoms with Gasteiger partial charge in [-0.25, -0.2) is 9.97 Å². The molecule has 0 bridgehead atoms. The lowest BCUT2D eigenvalue weighted by Gasteiger charge is -2.22. The van der Waals surface area contributed by atoms with Crippen LogP contribution in [0.15, 0.2) is 54.9 Å². The number of nitrogens with one attached hydrogen (secondary N) is 1. The Bertz CT molecular complexity index is 988. The van der Waals surface area contributed by atoms with Gasteiger partial charge in [-0.1, -0.05) is 18.2 Å². The molecule has 1 heterocycles. The van der Waals surface area contributed by atoms with E-state index < -0.39 is 0 Å². The quantitative estimate of drug-likeness (QED) is 0.685. The first kappa shape index (κ1) is 19.4. The van der Waals surface area contributed by atoms with E-state index in [4.69, 9.17) is 4.74 Å². The van der Waals surface area contributed by atoms with Gasteiger partial charge in [0, 0.05) is 18.3 Å². The third-order valence-corrected chi connectivity index (χ3v) is 4.39. The number of ether oxygens (including phenoxy) is 1. The van der Waals surface area contributed by atoms with Gasteiger partial charge in [0.15, 0.2) is 0 Å². The van der Waals surface area contributed by atoms with Crippen LogP contribution in [0.5, 0.6) is 5.75 Å². The maximum Gasteiger partial charge on any atom is 0.274 e. The van der Waals surface area contributed by atoms with Gasteiger partial charge in [0.25, 0.3) is 5.91 Å². The minimum atomic E-state index is -0.312. The molecular weight excluding hydrogens is 352 g/mol. The van der Waals surface area contributed by atoms with E-state index in [1.807, 2.05) is 62.1 Å². The Labute approximate surface area is 165 Å². The zero-order valence-corrected chi connectivity index (χ0v) is 16.6. The number of aryl methyl sites for hydroxylation is 2. The standard InChI is InChI=1S/C22H24N4O2/c1-5-26(17-8-6-7-15(2)11-17)21-13-19(23-14-24-21)22(27)25-18-12-16(3)9-10-20(18)28-4/h6-14H,5H2,1-4H3,(H,25,27). The second kappa shape index (κ2) is 8.52. The molecule has 0 radical (unpaired) electrons. The van der Waals surface area contributed by atoms with Gasteiger partial charge in [-0.15, -0.1) is 0 Å². The molecule has 3 aromatic rings. The maximum atomic E-state index is 12.8. The summed E-state index contributed by atoms with van der Waals surface area (Å²) in [4.78, 5) is 23.3. The first-order chi connectivity index (χ1) is 13.5. The highest BCUT2D eigenvalue weighted by atomic mass is 16.5. The molecule has 0 saturated carbocycles. The second-order valence-corrected chi connectivity index (χ2v) is 6.50. The number of methoxy groups -OCH3 is 1. The Hall–Kier alpha value is -3.41. The zero-order chi connectivity index (χ0) is 20.1. The fraction of sp³-hybridized carbons (Fsp3) is 0.227. The lowest BCUT2D eigenvalue weighted by atomic mass is 10.2. The number of benzene rings is 2. The highest BCUT2D eigenvalue weighted by Gasteiger charge is 2.15. The molecule has 0 unspecified atom stereocenters. The molecule has 0 aliphatic heterocycles. The third kappa shape index (κ3) is 4.28. The number of rotatable bonds is 6. The number of carbonyl (C=O) groups is 1. The summed E-state index contributed by atoms with van der Waals surface area (Å²) in [7, 11) is 1.57. The summed E-state index contributed by atoms with van der Waals surface area (Å²) in [6, 6.07) is 15.5. The number of aromatic nitrogens is 2. The molecule has 6 nitrogen and oxygen atoms in total. The van der Waals surface area contributed by atoms with Crippen LogP contribution >= 0.6 is 0 Å². The van der Waals surface area contributed by atoms with Crippen molar-refractivity contribution in [2.45, 2.75) is 20.8 Å². The fourth-order valence-electron chi connectivity index (χ4n) is 3.00. The average molecular weight is 376 g/mol. The van der Waals surface area contributed by atoms with Gasteiger partial charge < -0.3 is 15.0 Å². The van der Waals surface area contributed by atoms with Crippen LogP contribution in [-0.2, 0) is 0 Å². The van der Waals surface area contributed by atoms with Crippen LogP contribution in [0.1, 0.15) is 28.5 Å². The zero-order valence-electron chi connectivity index (χ0n) is 16.6. The summed E-state index contributed by atoms with van der Waals surface area (Å²) in [6.45, 7) is 6.76. The summed E-state index contributed by atoms with van der Waals surface area (Å²) >= 11 is 0. The van der Waals surface area contributed by atoms with Crippen LogP contribution in [0, 0.1) is 13.8 Å². The molecule has 28 heavy (non-hydrogen) atoms. The van der Waals surface area contributed by atoms with Gasteiger partial charge >= 0.3 is 0 Å². The predicted octanol–water partition coefficient (Wildman–Crippen LogP) is 4.51. The van der Waals surface area contributed by atoms with Gasteiger partial charge in [-0.3, -0.25) is 4.79 Å². The van der Waals surface area contributed by atoms with Gasteiger partial charge in [0.05, 0.1) is 12.8 Å². The number of nitrogens with zero attached hydrogens (tertiary/aromatic N) is 3. The van der Waals surface area contributed by atoms with Crippen molar-refractivity contribution in [1.29, 1.82) is 0 Å². The van der Waals surface area contributed by atoms with Crippen LogP contribution in [0.3, 0.4) is 0 Å². The lowest BCUT2D eigenvalue weighted by molar-refractivity contribution is 0.102. The first-order valence-corrected chi connectivity index (χ1v) is 9.14. The molecule has 2 aromatic carbocycles. The van der Waals surface area contributed by atoms with Crippen molar-refractivity contribution < 1.29 is 9.53 Å². The Morgan fingerprint density at radius 2 is 1.86 bits per heavy atom.